The summed E-state index contributed by atoms with van der Waals surface area (Å²) in [6, 6.07) is 8.47. The molecule has 1 saturated heterocycles. The van der Waals surface area contributed by atoms with Gasteiger partial charge in [-0.05, 0) is 30.3 Å². The minimum atomic E-state index is -0.334. The maximum absolute atomic E-state index is 15.0. The Kier molecular flexibility index (Phi) is 5.81. The zero-order valence-electron chi connectivity index (χ0n) is 22.4. The molecule has 41 heavy (non-hydrogen) atoms. The van der Waals surface area contributed by atoms with Crippen LogP contribution in [0.2, 0.25) is 0 Å². The number of nitrogens with zero attached hydrogens (tertiary/aromatic N) is 10. The first-order valence-electron chi connectivity index (χ1n) is 13.1. The summed E-state index contributed by atoms with van der Waals surface area (Å²) in [5.74, 6) is 1.41. The summed E-state index contributed by atoms with van der Waals surface area (Å²) in [7, 11) is 1.68. The largest absolute Gasteiger partial charge is 0.461 e. The van der Waals surface area contributed by atoms with Gasteiger partial charge in [0.05, 0.1) is 12.0 Å². The van der Waals surface area contributed by atoms with Crippen LogP contribution >= 0.6 is 0 Å². The number of hydrogen-bond donors (Lipinski definition) is 1. The van der Waals surface area contributed by atoms with Crippen molar-refractivity contribution in [3.8, 4) is 23.0 Å². The first kappa shape index (κ1) is 25.0. The summed E-state index contributed by atoms with van der Waals surface area (Å²) in [4.78, 5) is 30.7. The van der Waals surface area contributed by atoms with Crippen molar-refractivity contribution in [3.63, 3.8) is 0 Å². The van der Waals surface area contributed by atoms with Gasteiger partial charge in [0.15, 0.2) is 17.1 Å². The lowest BCUT2D eigenvalue weighted by Crippen LogP contribution is -2.47. The van der Waals surface area contributed by atoms with Crippen LogP contribution in [-0.4, -0.2) is 76.5 Å². The molecule has 1 aliphatic heterocycles. The Morgan fingerprint density at radius 1 is 1.02 bits per heavy atom. The molecule has 0 saturated carbocycles. The smallest absolute Gasteiger partial charge is 0.330 e. The van der Waals surface area contributed by atoms with E-state index in [2.05, 4.69) is 30.1 Å². The highest BCUT2D eigenvalue weighted by Gasteiger charge is 2.24. The Morgan fingerprint density at radius 2 is 1.85 bits per heavy atom. The number of nitrogens with two attached hydrogens (primary N) is 1. The second-order valence-electron chi connectivity index (χ2n) is 9.92. The molecule has 0 unspecified atom stereocenters. The molecule has 1 aliphatic rings. The maximum Gasteiger partial charge on any atom is 0.330 e. The monoisotopic (exact) mass is 559 g/mol. The van der Waals surface area contributed by atoms with E-state index in [0.29, 0.717) is 90.6 Å². The molecular weight excluding hydrogens is 533 g/mol. The Labute approximate surface area is 231 Å². The molecule has 6 aromatic rings. The lowest BCUT2D eigenvalue weighted by Gasteiger charge is -2.36. The third-order valence-corrected chi connectivity index (χ3v) is 7.40. The van der Waals surface area contributed by atoms with E-state index in [1.54, 1.807) is 42.8 Å². The Balaban J connectivity index is 1.07. The molecule has 15 heteroatoms. The van der Waals surface area contributed by atoms with Gasteiger partial charge in [-0.1, -0.05) is 5.16 Å². The van der Waals surface area contributed by atoms with Crippen LogP contribution in [-0.2, 0) is 13.6 Å². The van der Waals surface area contributed by atoms with Gasteiger partial charge in [-0.25, -0.2) is 14.2 Å². The molecule has 6 heterocycles. The van der Waals surface area contributed by atoms with Crippen molar-refractivity contribution in [2.24, 2.45) is 7.05 Å². The first-order valence-corrected chi connectivity index (χ1v) is 13.1. The maximum atomic E-state index is 15.0. The Hall–Kier alpha value is -5.05. The molecule has 0 radical (unpaired) electrons. The molecular formula is C26H26FN11O3. The van der Waals surface area contributed by atoms with Gasteiger partial charge in [-0.2, -0.15) is 14.5 Å². The highest BCUT2D eigenvalue weighted by Crippen LogP contribution is 2.27. The number of nitrogen functional groups attached to an aromatic ring is 1. The number of imidazole rings is 1. The number of aryl methyl sites for hydroxylation is 2. The van der Waals surface area contributed by atoms with Gasteiger partial charge < -0.3 is 19.6 Å². The summed E-state index contributed by atoms with van der Waals surface area (Å²) >= 11 is 0. The number of anilines is 2. The van der Waals surface area contributed by atoms with Crippen molar-refractivity contribution in [3.05, 3.63) is 58.8 Å². The summed E-state index contributed by atoms with van der Waals surface area (Å²) in [5, 5.41) is 8.27. The van der Waals surface area contributed by atoms with E-state index >= 15 is 0 Å². The summed E-state index contributed by atoms with van der Waals surface area (Å²) < 4.78 is 30.0. The van der Waals surface area contributed by atoms with E-state index in [4.69, 9.17) is 14.7 Å². The van der Waals surface area contributed by atoms with E-state index in [1.807, 2.05) is 4.90 Å². The number of fused-ring (bicyclic) bond motifs is 3. The minimum Gasteiger partial charge on any atom is -0.461 e. The number of halogens is 1. The molecule has 2 N–H and O–H groups in total. The zero-order valence-corrected chi connectivity index (χ0v) is 22.4. The van der Waals surface area contributed by atoms with Crippen LogP contribution in [0.3, 0.4) is 0 Å². The summed E-state index contributed by atoms with van der Waals surface area (Å²) in [6.07, 6.45) is 1.54. The van der Waals surface area contributed by atoms with Crippen molar-refractivity contribution in [1.29, 1.82) is 0 Å². The minimum absolute atomic E-state index is 0.119. The van der Waals surface area contributed by atoms with Crippen molar-refractivity contribution in [2.75, 3.05) is 43.4 Å². The van der Waals surface area contributed by atoms with Gasteiger partial charge >= 0.3 is 5.69 Å². The second-order valence-corrected chi connectivity index (χ2v) is 9.92. The zero-order chi connectivity index (χ0) is 28.2. The van der Waals surface area contributed by atoms with Crippen LogP contribution in [0.15, 0.2) is 50.3 Å². The van der Waals surface area contributed by atoms with Gasteiger partial charge in [0.2, 0.25) is 23.5 Å². The summed E-state index contributed by atoms with van der Waals surface area (Å²) in [5.41, 5.74) is 8.50. The van der Waals surface area contributed by atoms with Crippen LogP contribution in [0.5, 0.6) is 0 Å². The molecule has 1 aromatic carbocycles. The first-order chi connectivity index (χ1) is 19.9. The van der Waals surface area contributed by atoms with Crippen molar-refractivity contribution in [2.45, 2.75) is 13.5 Å². The molecule has 5 aromatic heterocycles. The van der Waals surface area contributed by atoms with E-state index in [-0.39, 0.29) is 17.5 Å². The highest BCUT2D eigenvalue weighted by atomic mass is 19.1. The van der Waals surface area contributed by atoms with Gasteiger partial charge in [0, 0.05) is 58.8 Å². The standard InChI is InChI=1S/C26H26FN11O3/c1-15-29-21(33-41-15)16-5-6-18(17(27)14-16)36-10-7-35(8-11-36)9-12-37-23-20(34(2)26(37)39)24-30-22(19-4-3-13-40-19)32-38(24)25(28)31-23/h3-6,13-14H,7-12H2,1-2H3,(H2,28,31). The molecule has 0 atom stereocenters. The van der Waals surface area contributed by atoms with E-state index in [1.165, 1.54) is 21.4 Å². The average Bonchev–Trinajstić information content (AvgIpc) is 3.77. The molecule has 7 rings (SSSR count). The molecule has 0 aliphatic carbocycles. The van der Waals surface area contributed by atoms with Crippen LogP contribution in [0.4, 0.5) is 16.0 Å². The van der Waals surface area contributed by atoms with E-state index < -0.39 is 0 Å². The third kappa shape index (κ3) is 4.21. The van der Waals surface area contributed by atoms with E-state index in [0.717, 1.165) is 0 Å². The topological polar surface area (TPSA) is 155 Å². The number of furan rings is 1. The molecule has 0 amide bonds. The lowest BCUT2D eigenvalue weighted by atomic mass is 10.1. The predicted molar refractivity (Wildman–Crippen MR) is 147 cm³/mol. The lowest BCUT2D eigenvalue weighted by molar-refractivity contribution is 0.247. The van der Waals surface area contributed by atoms with Crippen molar-refractivity contribution < 1.29 is 13.3 Å². The quantitative estimate of drug-likeness (QED) is 0.318. The van der Waals surface area contributed by atoms with Crippen LogP contribution in [0, 0.1) is 12.7 Å². The predicted octanol–water partition coefficient (Wildman–Crippen LogP) is 1.94. The number of piperazine rings is 1. The fourth-order valence-electron chi connectivity index (χ4n) is 5.27. The fourth-order valence-corrected chi connectivity index (χ4v) is 5.27. The SMILES string of the molecule is Cc1nc(-c2ccc(N3CCN(CCn4c(=O)n(C)c5c4nc(N)n4nc(-c6ccco6)nc54)CC3)c(F)c2)no1. The van der Waals surface area contributed by atoms with Gasteiger partial charge in [0.1, 0.15) is 11.3 Å². The Morgan fingerprint density at radius 3 is 2.56 bits per heavy atom. The van der Waals surface area contributed by atoms with Crippen LogP contribution in [0.25, 0.3) is 39.8 Å². The van der Waals surface area contributed by atoms with Gasteiger partial charge in [0.25, 0.3) is 0 Å². The molecule has 0 bridgehead atoms. The number of benzene rings is 1. The number of hydrogen-bond acceptors (Lipinski definition) is 11. The van der Waals surface area contributed by atoms with Crippen LogP contribution in [0.1, 0.15) is 5.89 Å². The van der Waals surface area contributed by atoms with Crippen molar-refractivity contribution >= 4 is 28.4 Å². The van der Waals surface area contributed by atoms with Gasteiger partial charge in [-0.15, -0.1) is 5.10 Å². The third-order valence-electron chi connectivity index (χ3n) is 7.40. The summed E-state index contributed by atoms with van der Waals surface area (Å²) in [6.45, 7) is 5.42. The number of aromatic nitrogens is 8. The van der Waals surface area contributed by atoms with E-state index in [9.17, 15) is 9.18 Å². The number of rotatable bonds is 6. The Bertz CT molecular complexity index is 1940. The van der Waals surface area contributed by atoms with Crippen molar-refractivity contribution in [1.82, 2.24) is 43.8 Å². The molecule has 14 nitrogen and oxygen atoms in total. The fraction of sp³-hybridized carbons (Fsp3) is 0.308. The molecule has 1 fully saturated rings. The van der Waals surface area contributed by atoms with Gasteiger partial charge in [-0.3, -0.25) is 14.0 Å². The normalized spacial score (nSPS) is 14.6. The van der Waals surface area contributed by atoms with Crippen LogP contribution < -0.4 is 16.3 Å². The molecule has 210 valence electrons. The molecule has 0 spiro atoms. The highest BCUT2D eigenvalue weighted by molar-refractivity contribution is 5.88. The average molecular weight is 560 g/mol. The second kappa shape index (κ2) is 9.55.